The maximum absolute atomic E-state index is 11.0. The van der Waals surface area contributed by atoms with Crippen molar-refractivity contribution in [2.24, 2.45) is 0 Å². The van der Waals surface area contributed by atoms with E-state index < -0.39 is 5.97 Å². The molecule has 0 amide bonds. The van der Waals surface area contributed by atoms with Gasteiger partial charge < -0.3 is 15.2 Å². The van der Waals surface area contributed by atoms with Gasteiger partial charge >= 0.3 is 5.97 Å². The number of aromatic carboxylic acids is 1. The summed E-state index contributed by atoms with van der Waals surface area (Å²) < 4.78 is 5.13. The van der Waals surface area contributed by atoms with E-state index in [-0.39, 0.29) is 5.56 Å². The van der Waals surface area contributed by atoms with E-state index in [4.69, 9.17) is 9.84 Å². The number of benzene rings is 1. The summed E-state index contributed by atoms with van der Waals surface area (Å²) in [5.41, 5.74) is 0.207. The Hall–Kier alpha value is -1.97. The van der Waals surface area contributed by atoms with Crippen LogP contribution < -0.4 is 20.5 Å². The van der Waals surface area contributed by atoms with Crippen molar-refractivity contribution < 1.29 is 14.6 Å². The predicted octanol–water partition coefficient (Wildman–Crippen LogP) is 0.294. The highest BCUT2D eigenvalue weighted by Crippen LogP contribution is 2.18. The molecule has 1 aliphatic rings. The van der Waals surface area contributed by atoms with Crippen LogP contribution in [0.2, 0.25) is 0 Å². The van der Waals surface area contributed by atoms with E-state index in [1.165, 1.54) is 26.0 Å². The second-order valence-corrected chi connectivity index (χ2v) is 4.14. The first-order chi connectivity index (χ1) is 8.11. The summed E-state index contributed by atoms with van der Waals surface area (Å²) in [6, 6.07) is 3.61. The summed E-state index contributed by atoms with van der Waals surface area (Å²) in [5, 5.41) is 13.7. The molecule has 2 rings (SSSR count). The number of carboxylic acid groups (broad SMARTS) is 1. The number of hydrogen-bond acceptors (Lipinski definition) is 3. The molecule has 1 aromatic carbocycles. The molecule has 0 aliphatic heterocycles. The van der Waals surface area contributed by atoms with Crippen molar-refractivity contribution in [3.05, 3.63) is 28.1 Å². The van der Waals surface area contributed by atoms with Crippen LogP contribution in [-0.2, 0) is 0 Å². The summed E-state index contributed by atoms with van der Waals surface area (Å²) in [7, 11) is 1.51. The van der Waals surface area contributed by atoms with Crippen LogP contribution in [0.4, 0.5) is 0 Å². The first-order valence-corrected chi connectivity index (χ1v) is 5.48. The van der Waals surface area contributed by atoms with Crippen molar-refractivity contribution in [1.29, 1.82) is 0 Å². The van der Waals surface area contributed by atoms with Gasteiger partial charge in [-0.25, -0.2) is 4.79 Å². The monoisotopic (exact) mass is 233 g/mol. The predicted molar refractivity (Wildman–Crippen MR) is 65.3 cm³/mol. The number of carbonyl (C=O) groups is 1. The smallest absolute Gasteiger partial charge is 0.335 e. The second kappa shape index (κ2) is 4.49. The average molecular weight is 233 g/mol. The summed E-state index contributed by atoms with van der Waals surface area (Å²) >= 11 is 0. The lowest BCUT2D eigenvalue weighted by Crippen LogP contribution is -2.29. The quantitative estimate of drug-likeness (QED) is 0.785. The van der Waals surface area contributed by atoms with Gasteiger partial charge in [0.2, 0.25) is 0 Å². The summed E-state index contributed by atoms with van der Waals surface area (Å²) in [4.78, 5) is 11.0. The molecule has 4 heteroatoms. The van der Waals surface area contributed by atoms with Crippen molar-refractivity contribution in [3.63, 3.8) is 0 Å². The largest absolute Gasteiger partial charge is 0.496 e. The van der Waals surface area contributed by atoms with Crippen LogP contribution >= 0.6 is 0 Å². The molecule has 1 fully saturated rings. The Bertz CT molecular complexity index is 547. The normalized spacial score (nSPS) is 15.7. The van der Waals surface area contributed by atoms with Gasteiger partial charge in [0.15, 0.2) is 0 Å². The molecule has 0 spiro atoms. The molecular formula is C13H15NO3. The van der Waals surface area contributed by atoms with E-state index >= 15 is 0 Å². The molecule has 0 radical (unpaired) electrons. The fourth-order valence-electron chi connectivity index (χ4n) is 1.56. The Kier molecular flexibility index (Phi) is 3.04. The SMILES string of the molecule is C=c1c(OC)cc(C(=O)O)c/c1=C/NC1CC1. The Morgan fingerprint density at radius 2 is 2.29 bits per heavy atom. The zero-order chi connectivity index (χ0) is 12.4. The minimum absolute atomic E-state index is 0.207. The molecule has 0 unspecified atom stereocenters. The maximum Gasteiger partial charge on any atom is 0.335 e. The van der Waals surface area contributed by atoms with E-state index in [9.17, 15) is 4.79 Å². The van der Waals surface area contributed by atoms with Crippen LogP contribution in [0.3, 0.4) is 0 Å². The molecule has 0 aromatic heterocycles. The standard InChI is InChI=1S/C13H15NO3/c1-8-10(7-14-11-3-4-11)5-9(13(15)16)6-12(8)17-2/h5-7,11,14H,1,3-4H2,2H3,(H,15,16)/b10-7-. The average Bonchev–Trinajstić information content (AvgIpc) is 3.11. The van der Waals surface area contributed by atoms with Crippen LogP contribution in [0, 0.1) is 0 Å². The van der Waals surface area contributed by atoms with Gasteiger partial charge in [-0.3, -0.25) is 0 Å². The van der Waals surface area contributed by atoms with Crippen molar-refractivity contribution in [2.45, 2.75) is 18.9 Å². The molecule has 1 saturated carbocycles. The zero-order valence-electron chi connectivity index (χ0n) is 9.69. The van der Waals surface area contributed by atoms with Crippen LogP contribution in [-0.4, -0.2) is 24.2 Å². The highest BCUT2D eigenvalue weighted by atomic mass is 16.5. The number of rotatable bonds is 4. The summed E-state index contributed by atoms with van der Waals surface area (Å²) in [6.45, 7) is 3.90. The van der Waals surface area contributed by atoms with Gasteiger partial charge in [-0.15, -0.1) is 0 Å². The van der Waals surface area contributed by atoms with E-state index in [0.29, 0.717) is 17.0 Å². The minimum atomic E-state index is -0.968. The fourth-order valence-corrected chi connectivity index (χ4v) is 1.56. The molecular weight excluding hydrogens is 218 g/mol. The Morgan fingerprint density at radius 3 is 2.82 bits per heavy atom. The first kappa shape index (κ1) is 11.5. The van der Waals surface area contributed by atoms with Gasteiger partial charge in [0.1, 0.15) is 5.75 Å². The van der Waals surface area contributed by atoms with Gasteiger partial charge in [0.25, 0.3) is 0 Å². The number of hydrogen-bond donors (Lipinski definition) is 2. The van der Waals surface area contributed by atoms with Crippen LogP contribution in [0.1, 0.15) is 23.2 Å². The molecule has 4 nitrogen and oxygen atoms in total. The van der Waals surface area contributed by atoms with E-state index in [1.54, 1.807) is 6.07 Å². The molecule has 0 saturated heterocycles. The first-order valence-electron chi connectivity index (χ1n) is 5.48. The third-order valence-electron chi connectivity index (χ3n) is 2.76. The molecule has 1 aliphatic carbocycles. The number of carboxylic acids is 1. The van der Waals surface area contributed by atoms with Gasteiger partial charge in [0, 0.05) is 22.7 Å². The molecule has 17 heavy (non-hydrogen) atoms. The molecule has 0 bridgehead atoms. The summed E-state index contributed by atoms with van der Waals surface area (Å²) in [6.07, 6.45) is 4.15. The molecule has 2 N–H and O–H groups in total. The highest BCUT2D eigenvalue weighted by Gasteiger charge is 2.18. The van der Waals surface area contributed by atoms with Crippen LogP contribution in [0.5, 0.6) is 5.75 Å². The lowest BCUT2D eigenvalue weighted by atomic mass is 10.1. The molecule has 0 heterocycles. The van der Waals surface area contributed by atoms with Gasteiger partial charge in [-0.1, -0.05) is 6.58 Å². The Labute approximate surface area is 99.2 Å². The van der Waals surface area contributed by atoms with Crippen LogP contribution in [0.15, 0.2) is 12.1 Å². The van der Waals surface area contributed by atoms with Crippen molar-refractivity contribution in [1.82, 2.24) is 5.32 Å². The van der Waals surface area contributed by atoms with Crippen molar-refractivity contribution in [3.8, 4) is 5.75 Å². The van der Waals surface area contributed by atoms with Crippen molar-refractivity contribution in [2.75, 3.05) is 7.11 Å². The molecule has 0 atom stereocenters. The maximum atomic E-state index is 11.0. The van der Waals surface area contributed by atoms with E-state index in [1.807, 2.05) is 6.20 Å². The minimum Gasteiger partial charge on any atom is -0.496 e. The highest BCUT2D eigenvalue weighted by molar-refractivity contribution is 5.88. The number of methoxy groups -OCH3 is 1. The Balaban J connectivity index is 2.47. The van der Waals surface area contributed by atoms with Gasteiger partial charge in [-0.05, 0) is 25.0 Å². The lowest BCUT2D eigenvalue weighted by Gasteiger charge is -2.04. The molecule has 1 aromatic rings. The third kappa shape index (κ3) is 2.58. The van der Waals surface area contributed by atoms with E-state index in [0.717, 1.165) is 5.22 Å². The fraction of sp³-hybridized carbons (Fsp3) is 0.308. The Morgan fingerprint density at radius 1 is 1.59 bits per heavy atom. The summed E-state index contributed by atoms with van der Waals surface area (Å²) in [5.74, 6) is -0.474. The molecule has 90 valence electrons. The lowest BCUT2D eigenvalue weighted by molar-refractivity contribution is 0.0696. The number of ether oxygens (including phenoxy) is 1. The van der Waals surface area contributed by atoms with Gasteiger partial charge in [-0.2, -0.15) is 0 Å². The van der Waals surface area contributed by atoms with Gasteiger partial charge in [0.05, 0.1) is 12.7 Å². The topological polar surface area (TPSA) is 58.6 Å². The second-order valence-electron chi connectivity index (χ2n) is 4.14. The van der Waals surface area contributed by atoms with Crippen molar-refractivity contribution >= 4 is 18.7 Å². The number of nitrogens with one attached hydrogen (secondary N) is 1. The zero-order valence-corrected chi connectivity index (χ0v) is 9.69. The third-order valence-corrected chi connectivity index (χ3v) is 2.76. The van der Waals surface area contributed by atoms with E-state index in [2.05, 4.69) is 11.9 Å². The van der Waals surface area contributed by atoms with Crippen LogP contribution in [0.25, 0.3) is 12.8 Å².